The van der Waals surface area contributed by atoms with Gasteiger partial charge in [-0.2, -0.15) is 0 Å². The Labute approximate surface area is 112 Å². The van der Waals surface area contributed by atoms with E-state index in [4.69, 9.17) is 5.11 Å². The summed E-state index contributed by atoms with van der Waals surface area (Å²) >= 11 is 0. The van der Waals surface area contributed by atoms with Crippen molar-refractivity contribution in [3.05, 3.63) is 35.9 Å². The van der Waals surface area contributed by atoms with E-state index in [2.05, 4.69) is 5.32 Å². The van der Waals surface area contributed by atoms with Gasteiger partial charge in [0.15, 0.2) is 0 Å². The molecule has 1 aliphatic rings. The number of amides is 2. The van der Waals surface area contributed by atoms with Crippen molar-refractivity contribution in [1.82, 2.24) is 10.2 Å². The number of aliphatic hydroxyl groups is 1. The highest BCUT2D eigenvalue weighted by Crippen LogP contribution is 2.23. The maximum Gasteiger partial charge on any atom is 0.247 e. The SMILES string of the molecule is O=C1NCCN(C(=O)CCCO)C1c1ccccc1. The molecular formula is C14H18N2O3. The summed E-state index contributed by atoms with van der Waals surface area (Å²) < 4.78 is 0. The molecule has 5 heteroatoms. The molecule has 1 atom stereocenters. The van der Waals surface area contributed by atoms with E-state index in [-0.39, 0.29) is 24.8 Å². The van der Waals surface area contributed by atoms with Crippen LogP contribution >= 0.6 is 0 Å². The summed E-state index contributed by atoms with van der Waals surface area (Å²) in [5.41, 5.74) is 0.817. The lowest BCUT2D eigenvalue weighted by molar-refractivity contribution is -0.143. The number of nitrogens with one attached hydrogen (secondary N) is 1. The highest BCUT2D eigenvalue weighted by molar-refractivity contribution is 5.89. The van der Waals surface area contributed by atoms with Crippen LogP contribution in [0.25, 0.3) is 0 Å². The number of hydrogen-bond acceptors (Lipinski definition) is 3. The second-order valence-corrected chi connectivity index (χ2v) is 4.52. The van der Waals surface area contributed by atoms with Crippen LogP contribution in [0.3, 0.4) is 0 Å². The summed E-state index contributed by atoms with van der Waals surface area (Å²) in [5, 5.41) is 11.6. The van der Waals surface area contributed by atoms with E-state index < -0.39 is 6.04 Å². The van der Waals surface area contributed by atoms with E-state index in [1.165, 1.54) is 0 Å². The first-order valence-electron chi connectivity index (χ1n) is 6.47. The smallest absolute Gasteiger partial charge is 0.247 e. The van der Waals surface area contributed by atoms with Crippen molar-refractivity contribution in [1.29, 1.82) is 0 Å². The Kier molecular flexibility index (Phi) is 4.52. The van der Waals surface area contributed by atoms with Gasteiger partial charge < -0.3 is 15.3 Å². The molecule has 2 N–H and O–H groups in total. The van der Waals surface area contributed by atoms with Crippen molar-refractivity contribution in [3.63, 3.8) is 0 Å². The summed E-state index contributed by atoms with van der Waals surface area (Å²) in [6, 6.07) is 8.73. The minimum Gasteiger partial charge on any atom is -0.396 e. The normalized spacial score (nSPS) is 19.1. The number of rotatable bonds is 4. The molecule has 1 saturated heterocycles. The van der Waals surface area contributed by atoms with Gasteiger partial charge in [-0.15, -0.1) is 0 Å². The molecule has 102 valence electrons. The lowest BCUT2D eigenvalue weighted by atomic mass is 10.0. The van der Waals surface area contributed by atoms with Crippen molar-refractivity contribution >= 4 is 11.8 Å². The van der Waals surface area contributed by atoms with Crippen LogP contribution in [0.2, 0.25) is 0 Å². The number of carbonyl (C=O) groups excluding carboxylic acids is 2. The minimum atomic E-state index is -0.554. The van der Waals surface area contributed by atoms with E-state index in [1.54, 1.807) is 4.90 Å². The number of aliphatic hydroxyl groups excluding tert-OH is 1. The zero-order chi connectivity index (χ0) is 13.7. The Balaban J connectivity index is 2.19. The van der Waals surface area contributed by atoms with Crippen molar-refractivity contribution in [2.45, 2.75) is 18.9 Å². The lowest BCUT2D eigenvalue weighted by Crippen LogP contribution is -2.52. The Hall–Kier alpha value is -1.88. The fourth-order valence-corrected chi connectivity index (χ4v) is 2.28. The van der Waals surface area contributed by atoms with Gasteiger partial charge in [-0.05, 0) is 12.0 Å². The number of piperazine rings is 1. The molecule has 0 bridgehead atoms. The molecule has 1 unspecified atom stereocenters. The molecule has 1 fully saturated rings. The van der Waals surface area contributed by atoms with Crippen molar-refractivity contribution in [2.75, 3.05) is 19.7 Å². The van der Waals surface area contributed by atoms with Gasteiger partial charge in [-0.3, -0.25) is 9.59 Å². The summed E-state index contributed by atoms with van der Waals surface area (Å²) in [7, 11) is 0. The first-order valence-corrected chi connectivity index (χ1v) is 6.47. The van der Waals surface area contributed by atoms with Crippen LogP contribution < -0.4 is 5.32 Å². The lowest BCUT2D eigenvalue weighted by Gasteiger charge is -2.35. The number of benzene rings is 1. The molecule has 1 aromatic carbocycles. The van der Waals surface area contributed by atoms with Crippen LogP contribution in [0.15, 0.2) is 30.3 Å². The van der Waals surface area contributed by atoms with Gasteiger partial charge >= 0.3 is 0 Å². The van der Waals surface area contributed by atoms with Gasteiger partial charge in [0.25, 0.3) is 0 Å². The van der Waals surface area contributed by atoms with E-state index in [0.29, 0.717) is 19.5 Å². The first-order chi connectivity index (χ1) is 9.24. The van der Waals surface area contributed by atoms with Crippen LogP contribution in [0, 0.1) is 0 Å². The van der Waals surface area contributed by atoms with Gasteiger partial charge in [0.1, 0.15) is 6.04 Å². The van der Waals surface area contributed by atoms with Crippen LogP contribution in [0.4, 0.5) is 0 Å². The van der Waals surface area contributed by atoms with Gasteiger partial charge in [0, 0.05) is 26.1 Å². The molecule has 1 heterocycles. The van der Waals surface area contributed by atoms with E-state index >= 15 is 0 Å². The van der Waals surface area contributed by atoms with Crippen LogP contribution in [-0.2, 0) is 9.59 Å². The minimum absolute atomic E-state index is 0.0121. The fourth-order valence-electron chi connectivity index (χ4n) is 2.28. The van der Waals surface area contributed by atoms with Crippen molar-refractivity contribution in [3.8, 4) is 0 Å². The fraction of sp³-hybridized carbons (Fsp3) is 0.429. The first kappa shape index (κ1) is 13.5. The maximum atomic E-state index is 12.1. The van der Waals surface area contributed by atoms with Crippen LogP contribution in [0.5, 0.6) is 0 Å². The van der Waals surface area contributed by atoms with Gasteiger partial charge in [-0.25, -0.2) is 0 Å². The second-order valence-electron chi connectivity index (χ2n) is 4.52. The molecule has 2 amide bonds. The average molecular weight is 262 g/mol. The third-order valence-electron chi connectivity index (χ3n) is 3.20. The Bertz CT molecular complexity index is 447. The Morgan fingerprint density at radius 3 is 2.79 bits per heavy atom. The topological polar surface area (TPSA) is 69.6 Å². The molecule has 5 nitrogen and oxygen atoms in total. The van der Waals surface area contributed by atoms with E-state index in [9.17, 15) is 9.59 Å². The molecule has 1 aromatic rings. The summed E-state index contributed by atoms with van der Waals surface area (Å²) in [5.74, 6) is -0.229. The molecule has 2 rings (SSSR count). The van der Waals surface area contributed by atoms with Gasteiger partial charge in [-0.1, -0.05) is 30.3 Å². The largest absolute Gasteiger partial charge is 0.396 e. The summed E-state index contributed by atoms with van der Waals surface area (Å²) in [6.07, 6.45) is 0.700. The molecule has 0 aromatic heterocycles. The monoisotopic (exact) mass is 262 g/mol. The molecule has 0 aliphatic carbocycles. The third-order valence-corrected chi connectivity index (χ3v) is 3.20. The standard InChI is InChI=1S/C14H18N2O3/c17-10-4-7-12(18)16-9-8-15-14(19)13(16)11-5-2-1-3-6-11/h1-3,5-6,13,17H,4,7-10H2,(H,15,19). The molecule has 0 saturated carbocycles. The number of nitrogens with zero attached hydrogens (tertiary/aromatic N) is 1. The highest BCUT2D eigenvalue weighted by Gasteiger charge is 2.33. The molecule has 19 heavy (non-hydrogen) atoms. The summed E-state index contributed by atoms with van der Waals surface area (Å²) in [6.45, 7) is 0.977. The van der Waals surface area contributed by atoms with Crippen molar-refractivity contribution < 1.29 is 14.7 Å². The Morgan fingerprint density at radius 1 is 1.37 bits per heavy atom. The second kappa shape index (κ2) is 6.33. The Morgan fingerprint density at radius 2 is 2.11 bits per heavy atom. The average Bonchev–Trinajstić information content (AvgIpc) is 2.45. The third kappa shape index (κ3) is 3.12. The van der Waals surface area contributed by atoms with E-state index in [1.807, 2.05) is 30.3 Å². The van der Waals surface area contributed by atoms with Gasteiger partial charge in [0.05, 0.1) is 0 Å². The molecular weight excluding hydrogens is 244 g/mol. The number of hydrogen-bond donors (Lipinski definition) is 2. The highest BCUT2D eigenvalue weighted by atomic mass is 16.3. The quantitative estimate of drug-likeness (QED) is 0.828. The predicted octanol–water partition coefficient (Wildman–Crippen LogP) is 0.459. The van der Waals surface area contributed by atoms with Crippen LogP contribution in [0.1, 0.15) is 24.4 Å². The zero-order valence-electron chi connectivity index (χ0n) is 10.7. The van der Waals surface area contributed by atoms with Crippen LogP contribution in [-0.4, -0.2) is 41.5 Å². The molecule has 0 radical (unpaired) electrons. The molecule has 1 aliphatic heterocycles. The maximum absolute atomic E-state index is 12.1. The van der Waals surface area contributed by atoms with E-state index in [0.717, 1.165) is 5.56 Å². The predicted molar refractivity (Wildman–Crippen MR) is 70.2 cm³/mol. The van der Waals surface area contributed by atoms with Gasteiger partial charge in [0.2, 0.25) is 11.8 Å². The van der Waals surface area contributed by atoms with Crippen molar-refractivity contribution in [2.24, 2.45) is 0 Å². The molecule has 0 spiro atoms. The number of carbonyl (C=O) groups is 2. The zero-order valence-corrected chi connectivity index (χ0v) is 10.7. The summed E-state index contributed by atoms with van der Waals surface area (Å²) in [4.78, 5) is 25.8.